The minimum absolute atomic E-state index is 0.697. The van der Waals surface area contributed by atoms with E-state index in [1.165, 1.54) is 11.1 Å². The first-order valence-electron chi connectivity index (χ1n) is 7.46. The van der Waals surface area contributed by atoms with Crippen molar-refractivity contribution >= 4 is 11.6 Å². The maximum absolute atomic E-state index is 6.36. The molecule has 5 heteroatoms. The highest BCUT2D eigenvalue weighted by atomic mass is 35.5. The van der Waals surface area contributed by atoms with Gasteiger partial charge >= 0.3 is 0 Å². The van der Waals surface area contributed by atoms with E-state index in [4.69, 9.17) is 16.3 Å². The molecule has 22 heavy (non-hydrogen) atoms. The van der Waals surface area contributed by atoms with Crippen LogP contribution in [0.5, 0.6) is 0 Å². The summed E-state index contributed by atoms with van der Waals surface area (Å²) in [4.78, 5) is 2.34. The van der Waals surface area contributed by atoms with Crippen LogP contribution in [-0.2, 0) is 24.9 Å². The van der Waals surface area contributed by atoms with Gasteiger partial charge in [-0.05, 0) is 19.4 Å². The number of methoxy groups -OCH3 is 1. The van der Waals surface area contributed by atoms with Gasteiger partial charge in [-0.15, -0.1) is 0 Å². The van der Waals surface area contributed by atoms with Crippen molar-refractivity contribution in [3.05, 3.63) is 51.8 Å². The van der Waals surface area contributed by atoms with E-state index in [1.807, 2.05) is 14.0 Å². The molecule has 0 N–H and O–H groups in total. The topological polar surface area (TPSA) is 30.3 Å². The van der Waals surface area contributed by atoms with Crippen molar-refractivity contribution in [1.29, 1.82) is 0 Å². The minimum atomic E-state index is 0.697. The van der Waals surface area contributed by atoms with Crippen LogP contribution >= 0.6 is 11.6 Å². The number of aromatic nitrogens is 2. The first-order valence-corrected chi connectivity index (χ1v) is 7.84. The molecule has 1 aromatic heterocycles. The van der Waals surface area contributed by atoms with Gasteiger partial charge in [0.05, 0.1) is 12.3 Å². The van der Waals surface area contributed by atoms with Crippen molar-refractivity contribution in [3.8, 4) is 0 Å². The van der Waals surface area contributed by atoms with Gasteiger partial charge in [0.2, 0.25) is 0 Å². The van der Waals surface area contributed by atoms with Gasteiger partial charge in [-0.1, -0.05) is 41.4 Å². The predicted octanol–water partition coefficient (Wildman–Crippen LogP) is 3.34. The highest BCUT2D eigenvalue weighted by Gasteiger charge is 2.15. The van der Waals surface area contributed by atoms with E-state index < -0.39 is 0 Å². The predicted molar refractivity (Wildman–Crippen MR) is 90.1 cm³/mol. The van der Waals surface area contributed by atoms with Crippen molar-refractivity contribution < 1.29 is 4.74 Å². The molecule has 0 amide bonds. The molecule has 2 rings (SSSR count). The quantitative estimate of drug-likeness (QED) is 0.783. The lowest BCUT2D eigenvalue weighted by Gasteiger charge is -2.22. The average molecular weight is 322 g/mol. The fourth-order valence-corrected chi connectivity index (χ4v) is 2.70. The van der Waals surface area contributed by atoms with Gasteiger partial charge in [-0.2, -0.15) is 5.10 Å². The van der Waals surface area contributed by atoms with Gasteiger partial charge in [0.25, 0.3) is 0 Å². The van der Waals surface area contributed by atoms with Crippen LogP contribution in [0.2, 0.25) is 5.15 Å². The molecule has 0 fully saturated rings. The Morgan fingerprint density at radius 1 is 1.18 bits per heavy atom. The largest absolute Gasteiger partial charge is 0.383 e. The normalized spacial score (nSPS) is 11.4. The Morgan fingerprint density at radius 2 is 1.86 bits per heavy atom. The fraction of sp³-hybridized carbons (Fsp3) is 0.471. The van der Waals surface area contributed by atoms with Crippen molar-refractivity contribution in [2.24, 2.45) is 7.05 Å². The lowest BCUT2D eigenvalue weighted by atomic mass is 10.1. The molecule has 2 aromatic rings. The molecule has 0 spiro atoms. The van der Waals surface area contributed by atoms with Crippen LogP contribution in [0.4, 0.5) is 0 Å². The average Bonchev–Trinajstić information content (AvgIpc) is 2.73. The van der Waals surface area contributed by atoms with E-state index in [2.05, 4.69) is 41.2 Å². The van der Waals surface area contributed by atoms with Gasteiger partial charge in [-0.25, -0.2) is 0 Å². The highest BCUT2D eigenvalue weighted by Crippen LogP contribution is 2.21. The molecule has 0 radical (unpaired) electrons. The number of ether oxygens (including phenoxy) is 1. The molecule has 120 valence electrons. The third kappa shape index (κ3) is 4.32. The second kappa shape index (κ2) is 7.77. The Hall–Kier alpha value is -1.36. The molecule has 0 aliphatic rings. The summed E-state index contributed by atoms with van der Waals surface area (Å²) >= 11 is 6.36. The number of rotatable bonds is 7. The molecular weight excluding hydrogens is 298 g/mol. The Labute approximate surface area is 137 Å². The second-order valence-corrected chi connectivity index (χ2v) is 6.03. The maximum atomic E-state index is 6.36. The zero-order valence-electron chi connectivity index (χ0n) is 13.8. The molecule has 0 saturated heterocycles. The first kappa shape index (κ1) is 17.0. The minimum Gasteiger partial charge on any atom is -0.383 e. The summed E-state index contributed by atoms with van der Waals surface area (Å²) in [5.74, 6) is 0. The summed E-state index contributed by atoms with van der Waals surface area (Å²) in [6.07, 6.45) is 0. The monoisotopic (exact) mass is 321 g/mol. The summed E-state index contributed by atoms with van der Waals surface area (Å²) in [7, 11) is 3.60. The summed E-state index contributed by atoms with van der Waals surface area (Å²) in [5.41, 5.74) is 4.64. The van der Waals surface area contributed by atoms with Crippen molar-refractivity contribution in [1.82, 2.24) is 14.7 Å². The highest BCUT2D eigenvalue weighted by molar-refractivity contribution is 6.30. The molecule has 1 heterocycles. The number of aryl methyl sites for hydroxylation is 3. The maximum Gasteiger partial charge on any atom is 0.131 e. The van der Waals surface area contributed by atoms with E-state index in [9.17, 15) is 0 Å². The van der Waals surface area contributed by atoms with Crippen LogP contribution in [0.3, 0.4) is 0 Å². The zero-order chi connectivity index (χ0) is 16.1. The summed E-state index contributed by atoms with van der Waals surface area (Å²) in [6, 6.07) is 8.64. The van der Waals surface area contributed by atoms with Crippen LogP contribution in [-0.4, -0.2) is 34.9 Å². The molecule has 0 aliphatic carbocycles. The molecule has 1 aromatic carbocycles. The van der Waals surface area contributed by atoms with Gasteiger partial charge in [0.15, 0.2) is 0 Å². The Morgan fingerprint density at radius 3 is 2.41 bits per heavy atom. The van der Waals surface area contributed by atoms with Gasteiger partial charge in [0.1, 0.15) is 5.15 Å². The number of hydrogen-bond acceptors (Lipinski definition) is 3. The van der Waals surface area contributed by atoms with Crippen LogP contribution < -0.4 is 0 Å². The van der Waals surface area contributed by atoms with Gasteiger partial charge < -0.3 is 4.74 Å². The fourth-order valence-electron chi connectivity index (χ4n) is 2.46. The molecule has 0 aliphatic heterocycles. The lowest BCUT2D eigenvalue weighted by molar-refractivity contribution is 0.140. The van der Waals surface area contributed by atoms with Crippen LogP contribution in [0.1, 0.15) is 22.4 Å². The standard InChI is InChI=1S/C17H24ClN3O/c1-13-5-7-15(8-6-13)11-21(9-10-22-4)12-16-14(2)19-20(3)17(16)18/h5-8H,9-12H2,1-4H3. The third-order valence-corrected chi connectivity index (χ3v) is 4.26. The van der Waals surface area contributed by atoms with E-state index in [0.29, 0.717) is 11.8 Å². The molecule has 4 nitrogen and oxygen atoms in total. The summed E-state index contributed by atoms with van der Waals surface area (Å²) in [5, 5.41) is 5.10. The van der Waals surface area contributed by atoms with E-state index >= 15 is 0 Å². The van der Waals surface area contributed by atoms with Crippen LogP contribution in [0, 0.1) is 13.8 Å². The van der Waals surface area contributed by atoms with Gasteiger partial charge in [0, 0.05) is 39.4 Å². The third-order valence-electron chi connectivity index (χ3n) is 3.79. The van der Waals surface area contributed by atoms with Crippen LogP contribution in [0.25, 0.3) is 0 Å². The summed E-state index contributed by atoms with van der Waals surface area (Å²) in [6.45, 7) is 7.30. The number of benzene rings is 1. The smallest absolute Gasteiger partial charge is 0.131 e. The van der Waals surface area contributed by atoms with Crippen molar-refractivity contribution in [3.63, 3.8) is 0 Å². The zero-order valence-corrected chi connectivity index (χ0v) is 14.5. The number of hydrogen-bond donors (Lipinski definition) is 0. The van der Waals surface area contributed by atoms with E-state index in [1.54, 1.807) is 11.8 Å². The first-order chi connectivity index (χ1) is 10.5. The van der Waals surface area contributed by atoms with Crippen molar-refractivity contribution in [2.45, 2.75) is 26.9 Å². The summed E-state index contributed by atoms with van der Waals surface area (Å²) < 4.78 is 6.97. The molecule has 0 bridgehead atoms. The SMILES string of the molecule is COCCN(Cc1ccc(C)cc1)Cc1c(C)nn(C)c1Cl. The lowest BCUT2D eigenvalue weighted by Crippen LogP contribution is -2.27. The molecule has 0 atom stereocenters. The van der Waals surface area contributed by atoms with Crippen molar-refractivity contribution in [2.75, 3.05) is 20.3 Å². The number of nitrogens with zero attached hydrogens (tertiary/aromatic N) is 3. The van der Waals surface area contributed by atoms with Gasteiger partial charge in [-0.3, -0.25) is 9.58 Å². The Balaban J connectivity index is 2.13. The Kier molecular flexibility index (Phi) is 6.00. The molecular formula is C17H24ClN3O. The number of halogens is 1. The molecule has 0 unspecified atom stereocenters. The second-order valence-electron chi connectivity index (χ2n) is 5.67. The van der Waals surface area contributed by atoms with E-state index in [-0.39, 0.29) is 0 Å². The molecule has 0 saturated carbocycles. The van der Waals surface area contributed by atoms with Crippen LogP contribution in [0.15, 0.2) is 24.3 Å². The van der Waals surface area contributed by atoms with E-state index in [0.717, 1.165) is 30.9 Å². The Bertz CT molecular complexity index is 607.